The van der Waals surface area contributed by atoms with E-state index in [-0.39, 0.29) is 17.9 Å². The standard InChI is InChI=1S/C17H12Cl2N2O2S/c18-11-5-4-9(6-12(11)19)13(22)7-21-8-20-16-15(17(21)23)10-2-1-3-14(10)24-16/h4-6,8H,1-3,7H2. The van der Waals surface area contributed by atoms with E-state index >= 15 is 0 Å². The Labute approximate surface area is 151 Å². The van der Waals surface area contributed by atoms with Crippen molar-refractivity contribution >= 4 is 50.5 Å². The van der Waals surface area contributed by atoms with E-state index in [1.807, 2.05) is 0 Å². The van der Waals surface area contributed by atoms with Gasteiger partial charge >= 0.3 is 0 Å². The maximum absolute atomic E-state index is 12.8. The lowest BCUT2D eigenvalue weighted by atomic mass is 10.1. The fourth-order valence-corrected chi connectivity index (χ4v) is 4.57. The molecule has 0 radical (unpaired) electrons. The summed E-state index contributed by atoms with van der Waals surface area (Å²) in [6.07, 6.45) is 4.45. The lowest BCUT2D eigenvalue weighted by molar-refractivity contribution is 0.0970. The van der Waals surface area contributed by atoms with Crippen molar-refractivity contribution in [1.82, 2.24) is 9.55 Å². The molecular formula is C17H12Cl2N2O2S. The molecule has 2 heterocycles. The average Bonchev–Trinajstić information content (AvgIpc) is 3.13. The van der Waals surface area contributed by atoms with E-state index in [2.05, 4.69) is 4.98 Å². The normalized spacial score (nSPS) is 13.4. The number of aryl methyl sites for hydroxylation is 2. The molecule has 0 unspecified atom stereocenters. The SMILES string of the molecule is O=C(Cn1cnc2sc3c(c2c1=O)CCC3)c1ccc(Cl)c(Cl)c1. The van der Waals surface area contributed by atoms with Crippen LogP contribution < -0.4 is 5.56 Å². The van der Waals surface area contributed by atoms with E-state index in [1.54, 1.807) is 23.5 Å². The summed E-state index contributed by atoms with van der Waals surface area (Å²) in [4.78, 5) is 31.6. The Morgan fingerprint density at radius 3 is 2.88 bits per heavy atom. The third-order valence-electron chi connectivity index (χ3n) is 4.25. The van der Waals surface area contributed by atoms with Gasteiger partial charge in [-0.15, -0.1) is 11.3 Å². The molecular weight excluding hydrogens is 367 g/mol. The first-order valence-corrected chi connectivity index (χ1v) is 9.10. The number of thiophene rings is 1. The summed E-state index contributed by atoms with van der Waals surface area (Å²) in [5, 5.41) is 1.39. The topological polar surface area (TPSA) is 52.0 Å². The number of benzene rings is 1. The van der Waals surface area contributed by atoms with Crippen LogP contribution in [0.25, 0.3) is 10.2 Å². The lowest BCUT2D eigenvalue weighted by Crippen LogP contribution is -2.24. The maximum Gasteiger partial charge on any atom is 0.262 e. The summed E-state index contributed by atoms with van der Waals surface area (Å²) < 4.78 is 1.37. The largest absolute Gasteiger partial charge is 0.292 e. The molecule has 122 valence electrons. The number of rotatable bonds is 3. The van der Waals surface area contributed by atoms with Gasteiger partial charge < -0.3 is 0 Å². The van der Waals surface area contributed by atoms with Crippen LogP contribution in [0.3, 0.4) is 0 Å². The smallest absolute Gasteiger partial charge is 0.262 e. The zero-order chi connectivity index (χ0) is 16.8. The summed E-state index contributed by atoms with van der Waals surface area (Å²) in [5.41, 5.74) is 1.39. The van der Waals surface area contributed by atoms with E-state index in [0.29, 0.717) is 21.0 Å². The van der Waals surface area contributed by atoms with Crippen molar-refractivity contribution in [2.24, 2.45) is 0 Å². The number of hydrogen-bond acceptors (Lipinski definition) is 4. The molecule has 0 N–H and O–H groups in total. The van der Waals surface area contributed by atoms with Crippen LogP contribution in [0.1, 0.15) is 27.2 Å². The van der Waals surface area contributed by atoms with Gasteiger partial charge in [-0.25, -0.2) is 4.98 Å². The minimum atomic E-state index is -0.205. The highest BCUT2D eigenvalue weighted by molar-refractivity contribution is 7.18. The van der Waals surface area contributed by atoms with E-state index < -0.39 is 0 Å². The second-order valence-electron chi connectivity index (χ2n) is 5.77. The molecule has 2 aromatic heterocycles. The monoisotopic (exact) mass is 378 g/mol. The molecule has 7 heteroatoms. The van der Waals surface area contributed by atoms with Gasteiger partial charge in [-0.1, -0.05) is 23.2 Å². The van der Waals surface area contributed by atoms with Gasteiger partial charge in [-0.3, -0.25) is 14.2 Å². The Morgan fingerprint density at radius 1 is 1.25 bits per heavy atom. The highest BCUT2D eigenvalue weighted by Gasteiger charge is 2.21. The Hall–Kier alpha value is -1.69. The van der Waals surface area contributed by atoms with Gasteiger partial charge in [0, 0.05) is 10.4 Å². The molecule has 0 aliphatic heterocycles. The number of Topliss-reactive ketones (excluding diaryl/α,β-unsaturated/α-hetero) is 1. The van der Waals surface area contributed by atoms with Crippen LogP contribution in [0, 0.1) is 0 Å². The van der Waals surface area contributed by atoms with Crippen molar-refractivity contribution in [2.75, 3.05) is 0 Å². The Bertz CT molecular complexity index is 1040. The molecule has 4 nitrogen and oxygen atoms in total. The molecule has 0 saturated carbocycles. The molecule has 0 amide bonds. The molecule has 0 atom stereocenters. The summed E-state index contributed by atoms with van der Waals surface area (Å²) in [6, 6.07) is 4.70. The van der Waals surface area contributed by atoms with E-state index in [9.17, 15) is 9.59 Å². The van der Waals surface area contributed by atoms with Crippen molar-refractivity contribution in [1.29, 1.82) is 0 Å². The van der Waals surface area contributed by atoms with Crippen molar-refractivity contribution in [3.05, 3.63) is 60.9 Å². The van der Waals surface area contributed by atoms with Crippen LogP contribution in [0.2, 0.25) is 10.0 Å². The number of carbonyl (C=O) groups excluding carboxylic acids is 1. The second-order valence-corrected chi connectivity index (χ2v) is 7.67. The minimum Gasteiger partial charge on any atom is -0.292 e. The zero-order valence-electron chi connectivity index (χ0n) is 12.5. The Kier molecular flexibility index (Phi) is 3.95. The van der Waals surface area contributed by atoms with E-state index in [1.165, 1.54) is 21.8 Å². The third-order valence-corrected chi connectivity index (χ3v) is 6.19. The maximum atomic E-state index is 12.8. The predicted octanol–water partition coefficient (Wildman–Crippen LogP) is 4.14. The molecule has 0 fully saturated rings. The predicted molar refractivity (Wildman–Crippen MR) is 96.7 cm³/mol. The van der Waals surface area contributed by atoms with Gasteiger partial charge in [-0.2, -0.15) is 0 Å². The van der Waals surface area contributed by atoms with Gasteiger partial charge in [0.1, 0.15) is 4.83 Å². The Balaban J connectivity index is 1.72. The summed E-state index contributed by atoms with van der Waals surface area (Å²) in [5.74, 6) is -0.205. The van der Waals surface area contributed by atoms with Crippen LogP contribution >= 0.6 is 34.5 Å². The number of halogens is 2. The molecule has 4 rings (SSSR count). The van der Waals surface area contributed by atoms with Crippen molar-refractivity contribution in [2.45, 2.75) is 25.8 Å². The van der Waals surface area contributed by atoms with Gasteiger partial charge in [0.15, 0.2) is 5.78 Å². The number of carbonyl (C=O) groups is 1. The molecule has 1 aromatic carbocycles. The first kappa shape index (κ1) is 15.8. The number of fused-ring (bicyclic) bond motifs is 3. The van der Waals surface area contributed by atoms with Gasteiger partial charge in [0.2, 0.25) is 0 Å². The molecule has 3 aromatic rings. The van der Waals surface area contributed by atoms with Crippen LogP contribution in [0.5, 0.6) is 0 Å². The van der Waals surface area contributed by atoms with Gasteiger partial charge in [0.05, 0.1) is 28.3 Å². The highest BCUT2D eigenvalue weighted by atomic mass is 35.5. The molecule has 1 aliphatic carbocycles. The number of aromatic nitrogens is 2. The second kappa shape index (κ2) is 5.99. The fraction of sp³-hybridized carbons (Fsp3) is 0.235. The number of hydrogen-bond donors (Lipinski definition) is 0. The third kappa shape index (κ3) is 2.57. The molecule has 1 aliphatic rings. The van der Waals surface area contributed by atoms with Gasteiger partial charge in [-0.05, 0) is 43.0 Å². The lowest BCUT2D eigenvalue weighted by Gasteiger charge is -2.06. The van der Waals surface area contributed by atoms with Crippen molar-refractivity contribution < 1.29 is 4.79 Å². The summed E-state index contributed by atoms with van der Waals surface area (Å²) in [6.45, 7) is -0.0651. The summed E-state index contributed by atoms with van der Waals surface area (Å²) >= 11 is 13.4. The van der Waals surface area contributed by atoms with Gasteiger partial charge in [0.25, 0.3) is 5.56 Å². The highest BCUT2D eigenvalue weighted by Crippen LogP contribution is 2.34. The minimum absolute atomic E-state index is 0.0651. The molecule has 0 spiro atoms. The fourth-order valence-electron chi connectivity index (χ4n) is 3.05. The first-order valence-electron chi connectivity index (χ1n) is 7.52. The number of nitrogens with zero attached hydrogens (tertiary/aromatic N) is 2. The van der Waals surface area contributed by atoms with Crippen LogP contribution in [0.4, 0.5) is 0 Å². The van der Waals surface area contributed by atoms with Crippen LogP contribution in [-0.2, 0) is 19.4 Å². The first-order chi connectivity index (χ1) is 11.5. The molecule has 0 bridgehead atoms. The van der Waals surface area contributed by atoms with Crippen LogP contribution in [-0.4, -0.2) is 15.3 Å². The van der Waals surface area contributed by atoms with E-state index in [4.69, 9.17) is 23.2 Å². The molecule has 24 heavy (non-hydrogen) atoms. The number of ketones is 1. The van der Waals surface area contributed by atoms with Crippen LogP contribution in [0.15, 0.2) is 29.3 Å². The quantitative estimate of drug-likeness (QED) is 0.643. The zero-order valence-corrected chi connectivity index (χ0v) is 14.8. The molecule has 0 saturated heterocycles. The van der Waals surface area contributed by atoms with Crippen molar-refractivity contribution in [3.63, 3.8) is 0 Å². The Morgan fingerprint density at radius 2 is 2.08 bits per heavy atom. The average molecular weight is 379 g/mol. The van der Waals surface area contributed by atoms with E-state index in [0.717, 1.165) is 29.7 Å². The van der Waals surface area contributed by atoms with Crippen molar-refractivity contribution in [3.8, 4) is 0 Å². The summed E-state index contributed by atoms with van der Waals surface area (Å²) in [7, 11) is 0.